The monoisotopic (exact) mass is 268 g/mol. The molecule has 0 aromatic heterocycles. The average Bonchev–Trinajstić information content (AvgIpc) is 2.65. The quantitative estimate of drug-likeness (QED) is 0.743. The van der Waals surface area contributed by atoms with Crippen LogP contribution in [0.4, 0.5) is 0 Å². The first-order chi connectivity index (χ1) is 9.16. The Kier molecular flexibility index (Phi) is 2.91. The minimum atomic E-state index is -1.36. The second-order valence-electron chi connectivity index (χ2n) is 4.52. The maximum atomic E-state index is 12.3. The largest absolute Gasteiger partial charge is 0.288 e. The van der Waals surface area contributed by atoms with Crippen molar-refractivity contribution in [2.24, 2.45) is 0 Å². The van der Waals surface area contributed by atoms with Gasteiger partial charge in [-0.05, 0) is 30.7 Å². The van der Waals surface area contributed by atoms with Crippen molar-refractivity contribution in [2.45, 2.75) is 11.8 Å². The van der Waals surface area contributed by atoms with Crippen molar-refractivity contribution in [1.82, 2.24) is 0 Å². The van der Waals surface area contributed by atoms with Crippen LogP contribution >= 0.6 is 0 Å². The van der Waals surface area contributed by atoms with Gasteiger partial charge in [-0.1, -0.05) is 42.0 Å². The minimum Gasteiger partial charge on any atom is -0.288 e. The first kappa shape index (κ1) is 12.1. The van der Waals surface area contributed by atoms with E-state index in [0.29, 0.717) is 15.4 Å². The fourth-order valence-corrected chi connectivity index (χ4v) is 3.44. The summed E-state index contributed by atoms with van der Waals surface area (Å²) in [7, 11) is -1.36. The molecule has 0 amide bonds. The van der Waals surface area contributed by atoms with Crippen molar-refractivity contribution in [3.05, 3.63) is 70.1 Å². The van der Waals surface area contributed by atoms with Gasteiger partial charge in [0.15, 0.2) is 0 Å². The van der Waals surface area contributed by atoms with Crippen LogP contribution in [0.2, 0.25) is 0 Å². The highest BCUT2D eigenvalue weighted by atomic mass is 32.2. The molecular weight excluding hydrogens is 256 g/mol. The molecule has 1 unspecified atom stereocenters. The first-order valence-corrected chi connectivity index (χ1v) is 7.15. The van der Waals surface area contributed by atoms with E-state index in [2.05, 4.69) is 0 Å². The first-order valence-electron chi connectivity index (χ1n) is 6.01. The standard InChI is InChI=1S/C16H12O2S/c1-11-7-8-14-13(9-11)16(17)15(19(14)18)10-12-5-3-2-4-6-12/h2-10H,1H3/b15-10-. The lowest BCUT2D eigenvalue weighted by Gasteiger charge is -1.95. The van der Waals surface area contributed by atoms with E-state index < -0.39 is 10.8 Å². The number of aryl methyl sites for hydroxylation is 1. The van der Waals surface area contributed by atoms with Crippen molar-refractivity contribution in [2.75, 3.05) is 0 Å². The summed E-state index contributed by atoms with van der Waals surface area (Å²) in [6, 6.07) is 15.0. The SMILES string of the molecule is Cc1ccc2c(c1)C(=O)/C(=C/c1ccccc1)S2=O. The van der Waals surface area contributed by atoms with E-state index in [0.717, 1.165) is 11.1 Å². The molecule has 94 valence electrons. The zero-order valence-electron chi connectivity index (χ0n) is 10.4. The Balaban J connectivity index is 2.11. The van der Waals surface area contributed by atoms with E-state index in [1.807, 2.05) is 43.3 Å². The van der Waals surface area contributed by atoms with Gasteiger partial charge < -0.3 is 0 Å². The molecule has 0 spiro atoms. The number of carbonyl (C=O) groups excluding carboxylic acids is 1. The second kappa shape index (κ2) is 4.59. The normalized spacial score (nSPS) is 19.7. The number of benzene rings is 2. The van der Waals surface area contributed by atoms with E-state index in [-0.39, 0.29) is 5.78 Å². The molecule has 2 aromatic carbocycles. The molecule has 1 heterocycles. The number of fused-ring (bicyclic) bond motifs is 1. The molecule has 0 bridgehead atoms. The van der Waals surface area contributed by atoms with Gasteiger partial charge in [0, 0.05) is 5.56 Å². The Morgan fingerprint density at radius 2 is 1.79 bits per heavy atom. The lowest BCUT2D eigenvalue weighted by atomic mass is 10.1. The van der Waals surface area contributed by atoms with Crippen LogP contribution in [0.25, 0.3) is 6.08 Å². The van der Waals surface area contributed by atoms with Crippen molar-refractivity contribution in [1.29, 1.82) is 0 Å². The maximum Gasteiger partial charge on any atom is 0.203 e. The molecule has 2 nitrogen and oxygen atoms in total. The molecule has 2 aromatic rings. The molecule has 1 atom stereocenters. The molecule has 0 aliphatic carbocycles. The zero-order chi connectivity index (χ0) is 13.4. The van der Waals surface area contributed by atoms with Crippen molar-refractivity contribution in [3.8, 4) is 0 Å². The molecule has 1 aliphatic heterocycles. The van der Waals surface area contributed by atoms with E-state index in [9.17, 15) is 9.00 Å². The maximum absolute atomic E-state index is 12.3. The molecule has 3 heteroatoms. The molecular formula is C16H12O2S. The molecule has 0 N–H and O–H groups in total. The van der Waals surface area contributed by atoms with Gasteiger partial charge in [-0.15, -0.1) is 0 Å². The van der Waals surface area contributed by atoms with E-state index >= 15 is 0 Å². The highest BCUT2D eigenvalue weighted by Gasteiger charge is 2.31. The number of rotatable bonds is 1. The Hall–Kier alpha value is -2.00. The third-order valence-corrected chi connectivity index (χ3v) is 4.56. The predicted molar refractivity (Wildman–Crippen MR) is 76.3 cm³/mol. The number of carbonyl (C=O) groups is 1. The van der Waals surface area contributed by atoms with Crippen LogP contribution in [-0.2, 0) is 10.8 Å². The molecule has 3 rings (SSSR count). The van der Waals surface area contributed by atoms with Gasteiger partial charge in [-0.25, -0.2) is 4.21 Å². The Morgan fingerprint density at radius 1 is 1.05 bits per heavy atom. The third-order valence-electron chi connectivity index (χ3n) is 3.10. The second-order valence-corrected chi connectivity index (χ2v) is 5.93. The summed E-state index contributed by atoms with van der Waals surface area (Å²) in [5.41, 5.74) is 2.47. The summed E-state index contributed by atoms with van der Waals surface area (Å²) >= 11 is 0. The number of allylic oxidation sites excluding steroid dienone is 1. The molecule has 19 heavy (non-hydrogen) atoms. The Labute approximate surface area is 114 Å². The smallest absolute Gasteiger partial charge is 0.203 e. The summed E-state index contributed by atoms with van der Waals surface area (Å²) in [6.45, 7) is 1.93. The summed E-state index contributed by atoms with van der Waals surface area (Å²) in [5.74, 6) is -0.124. The molecule has 0 fully saturated rings. The Morgan fingerprint density at radius 3 is 2.53 bits per heavy atom. The van der Waals surface area contributed by atoms with Crippen LogP contribution in [0.3, 0.4) is 0 Å². The number of hydrogen-bond donors (Lipinski definition) is 0. The minimum absolute atomic E-state index is 0.124. The van der Waals surface area contributed by atoms with Crippen LogP contribution in [-0.4, -0.2) is 9.99 Å². The summed E-state index contributed by atoms with van der Waals surface area (Å²) in [6.07, 6.45) is 1.72. The molecule has 0 saturated heterocycles. The molecule has 0 saturated carbocycles. The number of Topliss-reactive ketones (excluding diaryl/α,β-unsaturated/α-hetero) is 1. The number of ketones is 1. The fourth-order valence-electron chi connectivity index (χ4n) is 2.14. The van der Waals surface area contributed by atoms with Gasteiger partial charge in [0.25, 0.3) is 0 Å². The van der Waals surface area contributed by atoms with Crippen LogP contribution < -0.4 is 0 Å². The van der Waals surface area contributed by atoms with Crippen LogP contribution in [0, 0.1) is 6.92 Å². The van der Waals surface area contributed by atoms with Gasteiger partial charge in [0.05, 0.1) is 20.6 Å². The Bertz CT molecular complexity index is 715. The lowest BCUT2D eigenvalue weighted by molar-refractivity contribution is 0.104. The third kappa shape index (κ3) is 2.06. The summed E-state index contributed by atoms with van der Waals surface area (Å²) < 4.78 is 12.3. The number of hydrogen-bond acceptors (Lipinski definition) is 2. The predicted octanol–water partition coefficient (Wildman–Crippen LogP) is 3.34. The average molecular weight is 268 g/mol. The van der Waals surface area contributed by atoms with E-state index in [4.69, 9.17) is 0 Å². The fraction of sp³-hybridized carbons (Fsp3) is 0.0625. The van der Waals surface area contributed by atoms with Crippen molar-refractivity contribution in [3.63, 3.8) is 0 Å². The summed E-state index contributed by atoms with van der Waals surface area (Å²) in [4.78, 5) is 13.3. The van der Waals surface area contributed by atoms with Gasteiger partial charge in [-0.3, -0.25) is 4.79 Å². The molecule has 1 aliphatic rings. The highest BCUT2D eigenvalue weighted by molar-refractivity contribution is 7.91. The van der Waals surface area contributed by atoms with Crippen LogP contribution in [0.5, 0.6) is 0 Å². The topological polar surface area (TPSA) is 34.1 Å². The molecule has 0 radical (unpaired) electrons. The van der Waals surface area contributed by atoms with Crippen LogP contribution in [0.1, 0.15) is 21.5 Å². The van der Waals surface area contributed by atoms with Gasteiger partial charge in [0.1, 0.15) is 0 Å². The lowest BCUT2D eigenvalue weighted by Crippen LogP contribution is -1.96. The van der Waals surface area contributed by atoms with Crippen molar-refractivity contribution >= 4 is 22.7 Å². The summed E-state index contributed by atoms with van der Waals surface area (Å²) in [5, 5.41) is 0. The van der Waals surface area contributed by atoms with E-state index in [1.54, 1.807) is 18.2 Å². The van der Waals surface area contributed by atoms with Gasteiger partial charge >= 0.3 is 0 Å². The zero-order valence-corrected chi connectivity index (χ0v) is 11.2. The van der Waals surface area contributed by atoms with Gasteiger partial charge in [0.2, 0.25) is 5.78 Å². The van der Waals surface area contributed by atoms with Gasteiger partial charge in [-0.2, -0.15) is 0 Å². The van der Waals surface area contributed by atoms with Crippen molar-refractivity contribution < 1.29 is 9.00 Å². The highest BCUT2D eigenvalue weighted by Crippen LogP contribution is 2.32. The van der Waals surface area contributed by atoms with E-state index in [1.165, 1.54) is 0 Å². The van der Waals surface area contributed by atoms with Crippen LogP contribution in [0.15, 0.2) is 58.3 Å².